The zero-order valence-corrected chi connectivity index (χ0v) is 7.86. The smallest absolute Gasteiger partial charge is 0.260 e. The molecule has 1 heterocycles. The van der Waals surface area contributed by atoms with Gasteiger partial charge in [-0.25, -0.2) is 4.68 Å². The summed E-state index contributed by atoms with van der Waals surface area (Å²) in [6, 6.07) is 1.74. The van der Waals surface area contributed by atoms with E-state index in [2.05, 4.69) is 17.3 Å². The number of carbonyl (C=O) groups is 1. The molecule has 0 aromatic carbocycles. The van der Waals surface area contributed by atoms with Gasteiger partial charge in [-0.15, -0.1) is 0 Å². The summed E-state index contributed by atoms with van der Waals surface area (Å²) in [6.45, 7) is 3.38. The second-order valence-corrected chi connectivity index (χ2v) is 2.87. The maximum Gasteiger partial charge on any atom is 0.260 e. The minimum atomic E-state index is -0.0129. The second-order valence-electron chi connectivity index (χ2n) is 2.87. The standard InChI is InChI=1S/C9H15N3O/c1-2-3-5-10-8-9(13)12-7-4-6-11-12/h4,6-7,10H,2-3,5,8H2,1H3. The van der Waals surface area contributed by atoms with Gasteiger partial charge in [0.1, 0.15) is 0 Å². The quantitative estimate of drug-likeness (QED) is 0.687. The fourth-order valence-electron chi connectivity index (χ4n) is 0.994. The van der Waals surface area contributed by atoms with Crippen molar-refractivity contribution in [3.8, 4) is 0 Å². The first-order valence-electron chi connectivity index (χ1n) is 4.58. The molecule has 0 aliphatic heterocycles. The molecule has 1 aromatic heterocycles. The lowest BCUT2D eigenvalue weighted by molar-refractivity contribution is 0.0897. The van der Waals surface area contributed by atoms with Crippen LogP contribution >= 0.6 is 0 Å². The molecule has 72 valence electrons. The van der Waals surface area contributed by atoms with Gasteiger partial charge in [-0.05, 0) is 19.0 Å². The Hall–Kier alpha value is -1.16. The lowest BCUT2D eigenvalue weighted by Gasteiger charge is -2.02. The first-order chi connectivity index (χ1) is 6.34. The molecule has 4 heteroatoms. The Bertz CT molecular complexity index is 243. The van der Waals surface area contributed by atoms with E-state index in [4.69, 9.17) is 0 Å². The van der Waals surface area contributed by atoms with Crippen LogP contribution in [0.2, 0.25) is 0 Å². The topological polar surface area (TPSA) is 46.9 Å². The van der Waals surface area contributed by atoms with Crippen molar-refractivity contribution in [2.75, 3.05) is 13.1 Å². The number of hydrogen-bond acceptors (Lipinski definition) is 3. The monoisotopic (exact) mass is 181 g/mol. The second kappa shape index (κ2) is 5.48. The van der Waals surface area contributed by atoms with E-state index in [9.17, 15) is 4.79 Å². The van der Waals surface area contributed by atoms with Crippen molar-refractivity contribution in [1.29, 1.82) is 0 Å². The van der Waals surface area contributed by atoms with Gasteiger partial charge in [0.25, 0.3) is 5.91 Å². The lowest BCUT2D eigenvalue weighted by atomic mass is 10.3. The zero-order chi connectivity index (χ0) is 9.52. The Morgan fingerprint density at radius 3 is 3.08 bits per heavy atom. The molecule has 13 heavy (non-hydrogen) atoms. The highest BCUT2D eigenvalue weighted by molar-refractivity contribution is 5.79. The molecule has 0 bridgehead atoms. The molecule has 1 aromatic rings. The van der Waals surface area contributed by atoms with Crippen molar-refractivity contribution in [3.63, 3.8) is 0 Å². The van der Waals surface area contributed by atoms with Crippen LogP contribution in [0.1, 0.15) is 24.6 Å². The fraction of sp³-hybridized carbons (Fsp3) is 0.556. The molecule has 0 aliphatic carbocycles. The van der Waals surface area contributed by atoms with Crippen molar-refractivity contribution < 1.29 is 4.79 Å². The number of aromatic nitrogens is 2. The molecular formula is C9H15N3O. The minimum Gasteiger partial charge on any atom is -0.308 e. The van der Waals surface area contributed by atoms with Crippen LogP contribution in [0, 0.1) is 0 Å². The molecule has 0 atom stereocenters. The van der Waals surface area contributed by atoms with E-state index in [-0.39, 0.29) is 5.91 Å². The van der Waals surface area contributed by atoms with Crippen LogP contribution in [0.4, 0.5) is 0 Å². The fourth-order valence-corrected chi connectivity index (χ4v) is 0.994. The predicted octanol–water partition coefficient (Wildman–Crippen LogP) is 0.913. The van der Waals surface area contributed by atoms with Gasteiger partial charge < -0.3 is 5.32 Å². The van der Waals surface area contributed by atoms with Crippen molar-refractivity contribution in [2.45, 2.75) is 19.8 Å². The van der Waals surface area contributed by atoms with Crippen LogP contribution in [0.3, 0.4) is 0 Å². The lowest BCUT2D eigenvalue weighted by Crippen LogP contribution is -2.28. The summed E-state index contributed by atoms with van der Waals surface area (Å²) in [4.78, 5) is 11.3. The number of nitrogens with one attached hydrogen (secondary N) is 1. The average Bonchev–Trinajstić information content (AvgIpc) is 2.65. The summed E-state index contributed by atoms with van der Waals surface area (Å²) in [5.41, 5.74) is 0. The van der Waals surface area contributed by atoms with Crippen LogP contribution in [0.25, 0.3) is 0 Å². The SMILES string of the molecule is CCCCNCC(=O)n1cccn1. The average molecular weight is 181 g/mol. The molecule has 0 fully saturated rings. The number of hydrogen-bond donors (Lipinski definition) is 1. The van der Waals surface area contributed by atoms with Crippen LogP contribution < -0.4 is 5.32 Å². The van der Waals surface area contributed by atoms with Crippen molar-refractivity contribution in [3.05, 3.63) is 18.5 Å². The van der Waals surface area contributed by atoms with E-state index in [1.165, 1.54) is 4.68 Å². The molecule has 0 spiro atoms. The normalized spacial score (nSPS) is 10.2. The number of carbonyl (C=O) groups excluding carboxylic acids is 1. The van der Waals surface area contributed by atoms with E-state index in [0.29, 0.717) is 6.54 Å². The summed E-state index contributed by atoms with van der Waals surface area (Å²) in [7, 11) is 0. The molecular weight excluding hydrogens is 166 g/mol. The van der Waals surface area contributed by atoms with E-state index in [0.717, 1.165) is 19.4 Å². The maximum atomic E-state index is 11.3. The Balaban J connectivity index is 2.19. The van der Waals surface area contributed by atoms with Crippen LogP contribution in [-0.2, 0) is 0 Å². The Labute approximate surface area is 77.9 Å². The van der Waals surface area contributed by atoms with Crippen molar-refractivity contribution >= 4 is 5.91 Å². The number of nitrogens with zero attached hydrogens (tertiary/aromatic N) is 2. The number of rotatable bonds is 5. The van der Waals surface area contributed by atoms with E-state index in [1.807, 2.05) is 0 Å². The summed E-state index contributed by atoms with van der Waals surface area (Å²) in [6.07, 6.45) is 5.50. The van der Waals surface area contributed by atoms with Crippen LogP contribution in [0.5, 0.6) is 0 Å². The van der Waals surface area contributed by atoms with Gasteiger partial charge in [-0.3, -0.25) is 4.79 Å². The van der Waals surface area contributed by atoms with Gasteiger partial charge in [-0.1, -0.05) is 13.3 Å². The van der Waals surface area contributed by atoms with Crippen molar-refractivity contribution in [1.82, 2.24) is 15.1 Å². The van der Waals surface area contributed by atoms with Gasteiger partial charge in [0.05, 0.1) is 6.54 Å². The van der Waals surface area contributed by atoms with Gasteiger partial charge in [0.2, 0.25) is 0 Å². The van der Waals surface area contributed by atoms with Crippen LogP contribution in [0.15, 0.2) is 18.5 Å². The summed E-state index contributed by atoms with van der Waals surface area (Å²) in [5.74, 6) is -0.0129. The Morgan fingerprint density at radius 2 is 2.46 bits per heavy atom. The van der Waals surface area contributed by atoms with Gasteiger partial charge in [-0.2, -0.15) is 5.10 Å². The Morgan fingerprint density at radius 1 is 1.62 bits per heavy atom. The third-order valence-corrected chi connectivity index (χ3v) is 1.74. The third kappa shape index (κ3) is 3.38. The van der Waals surface area contributed by atoms with Crippen LogP contribution in [-0.4, -0.2) is 28.8 Å². The van der Waals surface area contributed by atoms with E-state index >= 15 is 0 Å². The first kappa shape index (κ1) is 9.92. The molecule has 4 nitrogen and oxygen atoms in total. The molecule has 1 N–H and O–H groups in total. The van der Waals surface area contributed by atoms with E-state index in [1.54, 1.807) is 18.5 Å². The molecule has 0 aliphatic rings. The highest BCUT2D eigenvalue weighted by Crippen LogP contribution is 1.85. The van der Waals surface area contributed by atoms with E-state index < -0.39 is 0 Å². The highest BCUT2D eigenvalue weighted by Gasteiger charge is 2.01. The molecule has 0 radical (unpaired) electrons. The third-order valence-electron chi connectivity index (χ3n) is 1.74. The maximum absolute atomic E-state index is 11.3. The van der Waals surface area contributed by atoms with Gasteiger partial charge in [0, 0.05) is 12.4 Å². The van der Waals surface area contributed by atoms with Gasteiger partial charge >= 0.3 is 0 Å². The number of unbranched alkanes of at least 4 members (excludes halogenated alkanes) is 1. The summed E-state index contributed by atoms with van der Waals surface area (Å²) >= 11 is 0. The molecule has 0 amide bonds. The molecule has 1 rings (SSSR count). The largest absolute Gasteiger partial charge is 0.308 e. The summed E-state index contributed by atoms with van der Waals surface area (Å²) < 4.78 is 1.35. The molecule has 0 saturated heterocycles. The Kier molecular flexibility index (Phi) is 4.18. The first-order valence-corrected chi connectivity index (χ1v) is 4.58. The zero-order valence-electron chi connectivity index (χ0n) is 7.86. The highest BCUT2D eigenvalue weighted by atomic mass is 16.2. The van der Waals surface area contributed by atoms with Crippen molar-refractivity contribution in [2.24, 2.45) is 0 Å². The van der Waals surface area contributed by atoms with Gasteiger partial charge in [0.15, 0.2) is 0 Å². The molecule has 0 saturated carbocycles. The molecule has 0 unspecified atom stereocenters. The predicted molar refractivity (Wildman–Crippen MR) is 50.6 cm³/mol. The summed E-state index contributed by atoms with van der Waals surface area (Å²) in [5, 5.41) is 6.91. The minimum absolute atomic E-state index is 0.0129.